The number of hydrogen-bond acceptors (Lipinski definition) is 6. The molecule has 0 atom stereocenters. The Labute approximate surface area is 175 Å². The van der Waals surface area contributed by atoms with E-state index in [9.17, 15) is 4.79 Å². The highest BCUT2D eigenvalue weighted by Crippen LogP contribution is 2.26. The van der Waals surface area contributed by atoms with Crippen LogP contribution in [-0.2, 0) is 11.3 Å². The van der Waals surface area contributed by atoms with Crippen LogP contribution in [0.5, 0.6) is 0 Å². The van der Waals surface area contributed by atoms with Gasteiger partial charge in [-0.05, 0) is 24.6 Å². The lowest BCUT2D eigenvalue weighted by molar-refractivity contribution is -0.113. The SMILES string of the molecule is Cc1cc(NC(=O)CSc2nnc3n(Cc4ccccc4)c4ccccc4n23)no1. The first kappa shape index (κ1) is 18.4. The fourth-order valence-electron chi connectivity index (χ4n) is 3.39. The molecule has 0 bridgehead atoms. The molecule has 30 heavy (non-hydrogen) atoms. The van der Waals surface area contributed by atoms with Crippen molar-refractivity contribution in [3.05, 3.63) is 72.0 Å². The molecule has 0 aliphatic heterocycles. The fourth-order valence-corrected chi connectivity index (χ4v) is 4.13. The van der Waals surface area contributed by atoms with Crippen molar-refractivity contribution < 1.29 is 9.32 Å². The molecule has 3 aromatic heterocycles. The molecule has 0 spiro atoms. The van der Waals surface area contributed by atoms with E-state index in [2.05, 4.69) is 43.4 Å². The number of carbonyl (C=O) groups excluding carboxylic acids is 1. The number of anilines is 1. The topological polar surface area (TPSA) is 90.2 Å². The van der Waals surface area contributed by atoms with E-state index in [-0.39, 0.29) is 11.7 Å². The normalized spacial score (nSPS) is 11.4. The van der Waals surface area contributed by atoms with Crippen molar-refractivity contribution in [1.82, 2.24) is 24.3 Å². The van der Waals surface area contributed by atoms with E-state index < -0.39 is 0 Å². The van der Waals surface area contributed by atoms with Crippen LogP contribution >= 0.6 is 11.8 Å². The Bertz CT molecular complexity index is 1340. The van der Waals surface area contributed by atoms with Gasteiger partial charge in [-0.15, -0.1) is 10.2 Å². The van der Waals surface area contributed by atoms with Crippen molar-refractivity contribution in [3.63, 3.8) is 0 Å². The number of imidazole rings is 1. The van der Waals surface area contributed by atoms with Crippen LogP contribution in [0.15, 0.2) is 70.3 Å². The van der Waals surface area contributed by atoms with Gasteiger partial charge in [0, 0.05) is 6.07 Å². The second-order valence-electron chi connectivity index (χ2n) is 6.84. The van der Waals surface area contributed by atoms with Crippen LogP contribution in [-0.4, -0.2) is 36.0 Å². The van der Waals surface area contributed by atoms with Gasteiger partial charge in [0.05, 0.1) is 23.3 Å². The van der Waals surface area contributed by atoms with Crippen molar-refractivity contribution in [2.75, 3.05) is 11.1 Å². The summed E-state index contributed by atoms with van der Waals surface area (Å²) in [5.41, 5.74) is 3.25. The van der Waals surface area contributed by atoms with Crippen LogP contribution in [0.3, 0.4) is 0 Å². The zero-order valence-corrected chi connectivity index (χ0v) is 17.0. The molecule has 5 aromatic rings. The van der Waals surface area contributed by atoms with Crippen LogP contribution in [0.1, 0.15) is 11.3 Å². The summed E-state index contributed by atoms with van der Waals surface area (Å²) in [5, 5.41) is 15.9. The van der Waals surface area contributed by atoms with Crippen molar-refractivity contribution in [3.8, 4) is 0 Å². The van der Waals surface area contributed by atoms with Gasteiger partial charge >= 0.3 is 0 Å². The summed E-state index contributed by atoms with van der Waals surface area (Å²) in [7, 11) is 0. The predicted molar refractivity (Wildman–Crippen MR) is 115 cm³/mol. The highest BCUT2D eigenvalue weighted by Gasteiger charge is 2.18. The molecule has 0 saturated heterocycles. The summed E-state index contributed by atoms with van der Waals surface area (Å²) < 4.78 is 9.11. The molecular weight excluding hydrogens is 400 g/mol. The molecule has 0 radical (unpaired) electrons. The molecule has 9 heteroatoms. The second-order valence-corrected chi connectivity index (χ2v) is 7.78. The first-order chi connectivity index (χ1) is 14.7. The Morgan fingerprint density at radius 2 is 1.83 bits per heavy atom. The Balaban J connectivity index is 1.44. The van der Waals surface area contributed by atoms with Crippen LogP contribution in [0, 0.1) is 6.92 Å². The number of nitrogens with one attached hydrogen (secondary N) is 1. The Morgan fingerprint density at radius 1 is 1.07 bits per heavy atom. The third-order valence-corrected chi connectivity index (χ3v) is 5.61. The quantitative estimate of drug-likeness (QED) is 0.422. The fraction of sp³-hybridized carbons (Fsp3) is 0.143. The van der Waals surface area contributed by atoms with Gasteiger partial charge in [0.2, 0.25) is 11.7 Å². The zero-order valence-electron chi connectivity index (χ0n) is 16.1. The molecule has 0 aliphatic rings. The van der Waals surface area contributed by atoms with E-state index in [0.717, 1.165) is 16.8 Å². The number of hydrogen-bond donors (Lipinski definition) is 1. The average Bonchev–Trinajstić information content (AvgIpc) is 3.44. The standard InChI is InChI=1S/C21H18N6O2S/c1-14-11-18(25-29-14)22-19(28)13-30-21-24-23-20-26(12-15-7-3-2-4-8-15)16-9-5-6-10-17(16)27(20)21/h2-11H,12-13H2,1H3,(H,22,25,28). The first-order valence-electron chi connectivity index (χ1n) is 9.41. The van der Waals surface area contributed by atoms with E-state index in [1.807, 2.05) is 40.8 Å². The van der Waals surface area contributed by atoms with Crippen LogP contribution < -0.4 is 5.32 Å². The van der Waals surface area contributed by atoms with E-state index in [4.69, 9.17) is 4.52 Å². The van der Waals surface area contributed by atoms with Gasteiger partial charge in [-0.2, -0.15) is 0 Å². The maximum atomic E-state index is 12.3. The summed E-state index contributed by atoms with van der Waals surface area (Å²) in [6, 6.07) is 20.0. The molecule has 0 fully saturated rings. The summed E-state index contributed by atoms with van der Waals surface area (Å²) in [6.45, 7) is 2.46. The summed E-state index contributed by atoms with van der Waals surface area (Å²) in [4.78, 5) is 12.3. The Morgan fingerprint density at radius 3 is 2.60 bits per heavy atom. The van der Waals surface area contributed by atoms with E-state index in [1.54, 1.807) is 13.0 Å². The largest absolute Gasteiger partial charge is 0.360 e. The molecule has 8 nitrogen and oxygen atoms in total. The van der Waals surface area contributed by atoms with Crippen LogP contribution in [0.2, 0.25) is 0 Å². The second kappa shape index (κ2) is 7.68. The minimum Gasteiger partial charge on any atom is -0.360 e. The molecule has 1 amide bonds. The molecule has 1 N–H and O–H groups in total. The van der Waals surface area contributed by atoms with Crippen molar-refractivity contribution >= 4 is 40.3 Å². The maximum Gasteiger partial charge on any atom is 0.237 e. The highest BCUT2D eigenvalue weighted by molar-refractivity contribution is 7.99. The van der Waals surface area contributed by atoms with E-state index in [1.165, 1.54) is 17.3 Å². The number of carbonyl (C=O) groups is 1. The van der Waals surface area contributed by atoms with Crippen LogP contribution in [0.4, 0.5) is 5.82 Å². The summed E-state index contributed by atoms with van der Waals surface area (Å²) in [6.07, 6.45) is 0. The molecule has 2 aromatic carbocycles. The highest BCUT2D eigenvalue weighted by atomic mass is 32.2. The van der Waals surface area contributed by atoms with Gasteiger partial charge in [-0.1, -0.05) is 59.4 Å². The minimum atomic E-state index is -0.182. The average molecular weight is 418 g/mol. The Hall–Kier alpha value is -3.59. The van der Waals surface area contributed by atoms with E-state index >= 15 is 0 Å². The van der Waals surface area contributed by atoms with Crippen molar-refractivity contribution in [1.29, 1.82) is 0 Å². The van der Waals surface area contributed by atoms with Gasteiger partial charge in [-0.3, -0.25) is 9.20 Å². The monoisotopic (exact) mass is 418 g/mol. The van der Waals surface area contributed by atoms with Gasteiger partial charge in [0.25, 0.3) is 0 Å². The van der Waals surface area contributed by atoms with Crippen LogP contribution in [0.25, 0.3) is 16.8 Å². The number of aromatic nitrogens is 5. The molecule has 150 valence electrons. The molecule has 3 heterocycles. The third kappa shape index (κ3) is 3.43. The third-order valence-electron chi connectivity index (χ3n) is 4.68. The number of rotatable bonds is 6. The molecule has 5 rings (SSSR count). The molecule has 0 saturated carbocycles. The lowest BCUT2D eigenvalue weighted by Crippen LogP contribution is -2.14. The molecule has 0 unspecified atom stereocenters. The summed E-state index contributed by atoms with van der Waals surface area (Å²) in [5.74, 6) is 1.80. The predicted octanol–water partition coefficient (Wildman–Crippen LogP) is 3.76. The number of para-hydroxylation sites is 2. The van der Waals surface area contributed by atoms with Crippen molar-refractivity contribution in [2.45, 2.75) is 18.6 Å². The number of amides is 1. The first-order valence-corrected chi connectivity index (χ1v) is 10.4. The summed E-state index contributed by atoms with van der Waals surface area (Å²) >= 11 is 1.33. The van der Waals surface area contributed by atoms with Gasteiger partial charge < -0.3 is 14.4 Å². The van der Waals surface area contributed by atoms with E-state index in [0.29, 0.717) is 23.3 Å². The number of benzene rings is 2. The smallest absolute Gasteiger partial charge is 0.237 e. The Kier molecular flexibility index (Phi) is 4.72. The minimum absolute atomic E-state index is 0.182. The maximum absolute atomic E-state index is 12.3. The van der Waals surface area contributed by atoms with Gasteiger partial charge in [0.15, 0.2) is 11.0 Å². The van der Waals surface area contributed by atoms with Gasteiger partial charge in [0.1, 0.15) is 5.76 Å². The lowest BCUT2D eigenvalue weighted by Gasteiger charge is -2.04. The van der Waals surface area contributed by atoms with Gasteiger partial charge in [-0.25, -0.2) is 0 Å². The molecular formula is C21H18N6O2S. The zero-order chi connectivity index (χ0) is 20.5. The number of thioether (sulfide) groups is 1. The number of fused-ring (bicyclic) bond motifs is 3. The molecule has 0 aliphatic carbocycles. The lowest BCUT2D eigenvalue weighted by atomic mass is 10.2. The van der Waals surface area contributed by atoms with Crippen molar-refractivity contribution in [2.24, 2.45) is 0 Å². The number of nitrogens with zero attached hydrogens (tertiary/aromatic N) is 5. The number of aryl methyl sites for hydroxylation is 1.